The van der Waals surface area contributed by atoms with Gasteiger partial charge in [-0.15, -0.1) is 0 Å². The van der Waals surface area contributed by atoms with Crippen LogP contribution < -0.4 is 10.1 Å². The highest BCUT2D eigenvalue weighted by atomic mass is 16.6. The molecule has 3 N–H and O–H groups in total. The summed E-state index contributed by atoms with van der Waals surface area (Å²) in [7, 11) is 0. The Bertz CT molecular complexity index is 941. The number of fused-ring (bicyclic) bond motifs is 2. The number of amides is 1. The highest BCUT2D eigenvalue weighted by Crippen LogP contribution is 2.48. The Morgan fingerprint density at radius 1 is 1.13 bits per heavy atom. The topological polar surface area (TPSA) is 105 Å². The molecule has 0 radical (unpaired) electrons. The molecule has 6 atom stereocenters. The SMILES string of the molecule is CCCCC[C@H](O)CC[C@@H]1[C@H]2Cc3cccc(OCC(=O)OC(CC)CC(=O)NC(C)(C)C)c3C[C@H]2C[C@H]1O. The van der Waals surface area contributed by atoms with Gasteiger partial charge in [-0.05, 0) is 101 Å². The Morgan fingerprint density at radius 3 is 2.59 bits per heavy atom. The number of carbonyl (C=O) groups excluding carboxylic acids is 2. The average molecular weight is 546 g/mol. The predicted octanol–water partition coefficient (Wildman–Crippen LogP) is 5.13. The summed E-state index contributed by atoms with van der Waals surface area (Å²) >= 11 is 0. The molecule has 1 fully saturated rings. The fourth-order valence-electron chi connectivity index (χ4n) is 6.40. The van der Waals surface area contributed by atoms with Gasteiger partial charge in [-0.2, -0.15) is 0 Å². The molecule has 2 aliphatic rings. The first-order chi connectivity index (χ1) is 18.5. The van der Waals surface area contributed by atoms with Crippen LogP contribution in [0.2, 0.25) is 0 Å². The molecule has 7 heteroatoms. The van der Waals surface area contributed by atoms with E-state index in [1.165, 1.54) is 5.56 Å². The van der Waals surface area contributed by atoms with Crippen LogP contribution in [0.1, 0.15) is 104 Å². The van der Waals surface area contributed by atoms with Crippen molar-refractivity contribution >= 4 is 11.9 Å². The molecule has 1 saturated carbocycles. The number of hydrogen-bond donors (Lipinski definition) is 3. The Hall–Kier alpha value is -2.12. The van der Waals surface area contributed by atoms with Crippen molar-refractivity contribution in [1.29, 1.82) is 0 Å². The zero-order valence-corrected chi connectivity index (χ0v) is 24.7. The summed E-state index contributed by atoms with van der Waals surface area (Å²) in [6.07, 6.45) is 7.88. The number of rotatable bonds is 14. The van der Waals surface area contributed by atoms with Crippen LogP contribution in [-0.2, 0) is 27.2 Å². The minimum atomic E-state index is -0.490. The normalized spacial score (nSPS) is 23.9. The summed E-state index contributed by atoms with van der Waals surface area (Å²) in [5.41, 5.74) is 2.00. The molecule has 2 aliphatic carbocycles. The molecule has 0 aromatic heterocycles. The third-order valence-electron chi connectivity index (χ3n) is 8.35. The maximum atomic E-state index is 12.6. The van der Waals surface area contributed by atoms with Gasteiger partial charge in [0.05, 0.1) is 18.6 Å². The Morgan fingerprint density at radius 2 is 1.90 bits per heavy atom. The van der Waals surface area contributed by atoms with Crippen LogP contribution in [0.15, 0.2) is 18.2 Å². The van der Waals surface area contributed by atoms with E-state index in [1.54, 1.807) is 0 Å². The van der Waals surface area contributed by atoms with Crippen LogP contribution in [-0.4, -0.2) is 52.5 Å². The number of benzene rings is 1. The van der Waals surface area contributed by atoms with Crippen LogP contribution in [0.4, 0.5) is 0 Å². The van der Waals surface area contributed by atoms with Gasteiger partial charge >= 0.3 is 5.97 Å². The van der Waals surface area contributed by atoms with E-state index < -0.39 is 12.1 Å². The quantitative estimate of drug-likeness (QED) is 0.221. The van der Waals surface area contributed by atoms with E-state index in [0.29, 0.717) is 24.0 Å². The lowest BCUT2D eigenvalue weighted by atomic mass is 9.73. The first kappa shape index (κ1) is 31.4. The van der Waals surface area contributed by atoms with Crippen molar-refractivity contribution in [3.8, 4) is 5.75 Å². The van der Waals surface area contributed by atoms with Crippen molar-refractivity contribution in [1.82, 2.24) is 5.32 Å². The maximum absolute atomic E-state index is 12.6. The fourth-order valence-corrected chi connectivity index (χ4v) is 6.40. The monoisotopic (exact) mass is 545 g/mol. The highest BCUT2D eigenvalue weighted by Gasteiger charge is 2.44. The second-order valence-electron chi connectivity index (χ2n) is 12.7. The molecule has 0 spiro atoms. The Labute approximate surface area is 235 Å². The van der Waals surface area contributed by atoms with Crippen molar-refractivity contribution in [2.75, 3.05) is 6.61 Å². The van der Waals surface area contributed by atoms with Crippen LogP contribution in [0.5, 0.6) is 5.75 Å². The fraction of sp³-hybridized carbons (Fsp3) is 0.750. The standard InChI is InChI=1S/C32H51NO6/c1-6-8-9-12-23(34)14-15-25-26-16-21-11-10-13-29(27(21)17-22(26)18-28(25)35)38-20-31(37)39-24(7-2)19-30(36)33-32(3,4)5/h10-11,13,22-26,28,34-35H,6-9,12,14-20H2,1-5H3,(H,33,36)/t22-,23-,24?,25+,26-,28+/m0/s1. The van der Waals surface area contributed by atoms with Gasteiger partial charge in [0.15, 0.2) is 6.61 Å². The molecule has 3 rings (SSSR count). The largest absolute Gasteiger partial charge is 0.482 e. The summed E-state index contributed by atoms with van der Waals surface area (Å²) < 4.78 is 11.5. The van der Waals surface area contributed by atoms with Gasteiger partial charge in [0.1, 0.15) is 11.9 Å². The molecule has 1 amide bonds. The van der Waals surface area contributed by atoms with Crippen molar-refractivity contribution in [2.24, 2.45) is 17.8 Å². The van der Waals surface area contributed by atoms with E-state index in [1.807, 2.05) is 39.8 Å². The van der Waals surface area contributed by atoms with Gasteiger partial charge in [0.25, 0.3) is 0 Å². The second kappa shape index (κ2) is 14.5. The molecule has 0 bridgehead atoms. The predicted molar refractivity (Wildman–Crippen MR) is 153 cm³/mol. The lowest BCUT2D eigenvalue weighted by Crippen LogP contribution is -2.42. The average Bonchev–Trinajstić information content (AvgIpc) is 3.17. The number of nitrogens with one attached hydrogen (secondary N) is 1. The number of aliphatic hydroxyl groups excluding tert-OH is 2. The van der Waals surface area contributed by atoms with Crippen molar-refractivity contribution in [2.45, 2.75) is 129 Å². The van der Waals surface area contributed by atoms with Crippen molar-refractivity contribution in [3.63, 3.8) is 0 Å². The maximum Gasteiger partial charge on any atom is 0.344 e. The Balaban J connectivity index is 1.54. The molecular weight excluding hydrogens is 494 g/mol. The van der Waals surface area contributed by atoms with Crippen LogP contribution in [0.3, 0.4) is 0 Å². The lowest BCUT2D eigenvalue weighted by molar-refractivity contribution is -0.152. The smallest absolute Gasteiger partial charge is 0.344 e. The summed E-state index contributed by atoms with van der Waals surface area (Å²) in [5.74, 6) is 1.07. The summed E-state index contributed by atoms with van der Waals surface area (Å²) in [4.78, 5) is 24.8. The molecule has 0 saturated heterocycles. The van der Waals surface area contributed by atoms with E-state index in [0.717, 1.165) is 63.4 Å². The van der Waals surface area contributed by atoms with E-state index in [2.05, 4.69) is 18.3 Å². The first-order valence-corrected chi connectivity index (χ1v) is 15.1. The molecule has 0 aliphatic heterocycles. The van der Waals surface area contributed by atoms with E-state index in [-0.39, 0.29) is 42.6 Å². The van der Waals surface area contributed by atoms with Gasteiger partial charge in [-0.3, -0.25) is 4.79 Å². The van der Waals surface area contributed by atoms with E-state index in [9.17, 15) is 19.8 Å². The minimum absolute atomic E-state index is 0.128. The summed E-state index contributed by atoms with van der Waals surface area (Å²) in [6, 6.07) is 5.98. The number of hydrogen-bond acceptors (Lipinski definition) is 6. The van der Waals surface area contributed by atoms with Crippen LogP contribution in [0, 0.1) is 17.8 Å². The molecule has 0 heterocycles. The van der Waals surface area contributed by atoms with Gasteiger partial charge in [-0.25, -0.2) is 4.79 Å². The number of esters is 1. The minimum Gasteiger partial charge on any atom is -0.482 e. The summed E-state index contributed by atoms with van der Waals surface area (Å²) in [6.45, 7) is 9.61. The van der Waals surface area contributed by atoms with Crippen molar-refractivity contribution < 1.29 is 29.3 Å². The number of unbranched alkanes of at least 4 members (excludes halogenated alkanes) is 2. The third-order valence-corrected chi connectivity index (χ3v) is 8.35. The molecule has 39 heavy (non-hydrogen) atoms. The molecule has 7 nitrogen and oxygen atoms in total. The van der Waals surface area contributed by atoms with Crippen molar-refractivity contribution in [3.05, 3.63) is 29.3 Å². The van der Waals surface area contributed by atoms with Gasteiger partial charge in [0.2, 0.25) is 5.91 Å². The zero-order valence-electron chi connectivity index (χ0n) is 24.7. The molecule has 1 aromatic rings. The molecule has 220 valence electrons. The van der Waals surface area contributed by atoms with Gasteiger partial charge in [0, 0.05) is 5.54 Å². The zero-order chi connectivity index (χ0) is 28.6. The van der Waals surface area contributed by atoms with Crippen LogP contribution >= 0.6 is 0 Å². The first-order valence-electron chi connectivity index (χ1n) is 15.1. The summed E-state index contributed by atoms with van der Waals surface area (Å²) in [5, 5.41) is 24.2. The molecular formula is C32H51NO6. The van der Waals surface area contributed by atoms with E-state index >= 15 is 0 Å². The van der Waals surface area contributed by atoms with Crippen LogP contribution in [0.25, 0.3) is 0 Å². The number of carbonyl (C=O) groups is 2. The molecule has 1 aromatic carbocycles. The Kier molecular flexibility index (Phi) is 11.7. The number of ether oxygens (including phenoxy) is 2. The third kappa shape index (κ3) is 9.49. The second-order valence-corrected chi connectivity index (χ2v) is 12.7. The number of aliphatic hydroxyl groups is 2. The van der Waals surface area contributed by atoms with Gasteiger partial charge < -0.3 is 25.0 Å². The highest BCUT2D eigenvalue weighted by molar-refractivity contribution is 5.78. The molecule has 1 unspecified atom stereocenters. The van der Waals surface area contributed by atoms with E-state index in [4.69, 9.17) is 9.47 Å². The lowest BCUT2D eigenvalue weighted by Gasteiger charge is -2.32. The van der Waals surface area contributed by atoms with Gasteiger partial charge in [-0.1, -0.05) is 45.2 Å².